The summed E-state index contributed by atoms with van der Waals surface area (Å²) in [4.78, 5) is 8.57. The standard InChI is InChI=1S/C14H16N2O2/c1-10(17)12-4-6-16-14(8-12)13-7-11(9-18-2)3-5-15-13/h3-8,10,17H,9H2,1-2H3. The van der Waals surface area contributed by atoms with Gasteiger partial charge in [0.2, 0.25) is 0 Å². The van der Waals surface area contributed by atoms with Gasteiger partial charge in [-0.25, -0.2) is 0 Å². The smallest absolute Gasteiger partial charge is 0.0889 e. The summed E-state index contributed by atoms with van der Waals surface area (Å²) in [6, 6.07) is 7.50. The molecule has 0 aliphatic carbocycles. The second-order valence-electron chi connectivity index (χ2n) is 4.13. The predicted octanol–water partition coefficient (Wildman–Crippen LogP) is 2.34. The normalized spacial score (nSPS) is 12.4. The van der Waals surface area contributed by atoms with Crippen LogP contribution in [0.2, 0.25) is 0 Å². The number of aliphatic hydroxyl groups excluding tert-OH is 1. The fourth-order valence-electron chi connectivity index (χ4n) is 1.72. The summed E-state index contributed by atoms with van der Waals surface area (Å²) in [6.45, 7) is 2.28. The van der Waals surface area contributed by atoms with Crippen molar-refractivity contribution >= 4 is 0 Å². The minimum atomic E-state index is -0.506. The zero-order chi connectivity index (χ0) is 13.0. The van der Waals surface area contributed by atoms with Crippen LogP contribution in [0.25, 0.3) is 11.4 Å². The number of hydrogen-bond acceptors (Lipinski definition) is 4. The predicted molar refractivity (Wildman–Crippen MR) is 68.8 cm³/mol. The van der Waals surface area contributed by atoms with E-state index in [2.05, 4.69) is 9.97 Å². The molecule has 1 N–H and O–H groups in total. The molecular weight excluding hydrogens is 228 g/mol. The van der Waals surface area contributed by atoms with E-state index in [1.807, 2.05) is 18.2 Å². The van der Waals surface area contributed by atoms with Crippen molar-refractivity contribution < 1.29 is 9.84 Å². The number of aromatic nitrogens is 2. The minimum Gasteiger partial charge on any atom is -0.389 e. The molecule has 0 fully saturated rings. The first-order chi connectivity index (χ1) is 8.70. The van der Waals surface area contributed by atoms with Crippen molar-refractivity contribution in [1.29, 1.82) is 0 Å². The van der Waals surface area contributed by atoms with E-state index in [4.69, 9.17) is 4.74 Å². The zero-order valence-corrected chi connectivity index (χ0v) is 10.5. The maximum absolute atomic E-state index is 9.57. The number of aliphatic hydroxyl groups is 1. The van der Waals surface area contributed by atoms with Gasteiger partial charge in [0.25, 0.3) is 0 Å². The second kappa shape index (κ2) is 5.71. The third-order valence-corrected chi connectivity index (χ3v) is 2.66. The number of nitrogens with zero attached hydrogens (tertiary/aromatic N) is 2. The van der Waals surface area contributed by atoms with Gasteiger partial charge in [-0.3, -0.25) is 9.97 Å². The van der Waals surface area contributed by atoms with Gasteiger partial charge in [-0.15, -0.1) is 0 Å². The van der Waals surface area contributed by atoms with Gasteiger partial charge in [0, 0.05) is 19.5 Å². The molecule has 1 atom stereocenters. The maximum Gasteiger partial charge on any atom is 0.0889 e. The monoisotopic (exact) mass is 244 g/mol. The van der Waals surface area contributed by atoms with E-state index in [-0.39, 0.29) is 0 Å². The van der Waals surface area contributed by atoms with Crippen LogP contribution in [0.5, 0.6) is 0 Å². The molecule has 0 saturated carbocycles. The SMILES string of the molecule is COCc1ccnc(-c2cc(C(C)O)ccn2)c1. The first-order valence-electron chi connectivity index (χ1n) is 5.79. The molecular formula is C14H16N2O2. The van der Waals surface area contributed by atoms with Crippen LogP contribution in [0.4, 0.5) is 0 Å². The Morgan fingerprint density at radius 2 is 1.83 bits per heavy atom. The molecule has 0 amide bonds. The number of ether oxygens (including phenoxy) is 1. The van der Waals surface area contributed by atoms with Gasteiger partial charge in [-0.1, -0.05) is 0 Å². The van der Waals surface area contributed by atoms with Gasteiger partial charge >= 0.3 is 0 Å². The lowest BCUT2D eigenvalue weighted by atomic mass is 10.1. The zero-order valence-electron chi connectivity index (χ0n) is 10.5. The highest BCUT2D eigenvalue weighted by Crippen LogP contribution is 2.20. The molecule has 0 aliphatic heterocycles. The van der Waals surface area contributed by atoms with Gasteiger partial charge in [-0.05, 0) is 42.3 Å². The summed E-state index contributed by atoms with van der Waals surface area (Å²) in [5.74, 6) is 0. The van der Waals surface area contributed by atoms with Crippen molar-refractivity contribution in [2.75, 3.05) is 7.11 Å². The second-order valence-corrected chi connectivity index (χ2v) is 4.13. The summed E-state index contributed by atoms with van der Waals surface area (Å²) in [5, 5.41) is 9.57. The van der Waals surface area contributed by atoms with E-state index in [1.165, 1.54) is 0 Å². The molecule has 0 bridgehead atoms. The molecule has 4 heteroatoms. The average Bonchev–Trinajstić information content (AvgIpc) is 2.39. The lowest BCUT2D eigenvalue weighted by Gasteiger charge is -2.07. The largest absolute Gasteiger partial charge is 0.389 e. The molecule has 0 aromatic carbocycles. The number of pyridine rings is 2. The highest BCUT2D eigenvalue weighted by Gasteiger charge is 2.06. The highest BCUT2D eigenvalue weighted by molar-refractivity contribution is 5.55. The first-order valence-corrected chi connectivity index (χ1v) is 5.79. The molecule has 0 radical (unpaired) electrons. The Kier molecular flexibility index (Phi) is 4.02. The van der Waals surface area contributed by atoms with Crippen molar-refractivity contribution in [1.82, 2.24) is 9.97 Å². The molecule has 2 rings (SSSR count). The summed E-state index contributed by atoms with van der Waals surface area (Å²) in [6.07, 6.45) is 2.91. The van der Waals surface area contributed by atoms with Crippen LogP contribution in [0, 0.1) is 0 Å². The molecule has 0 spiro atoms. The van der Waals surface area contributed by atoms with Crippen molar-refractivity contribution in [2.45, 2.75) is 19.6 Å². The van der Waals surface area contributed by atoms with Crippen molar-refractivity contribution in [3.8, 4) is 11.4 Å². The first kappa shape index (κ1) is 12.7. The fourth-order valence-corrected chi connectivity index (χ4v) is 1.72. The quantitative estimate of drug-likeness (QED) is 0.897. The third-order valence-electron chi connectivity index (χ3n) is 2.66. The Morgan fingerprint density at radius 3 is 2.50 bits per heavy atom. The van der Waals surface area contributed by atoms with Crippen LogP contribution < -0.4 is 0 Å². The van der Waals surface area contributed by atoms with Crippen LogP contribution >= 0.6 is 0 Å². The molecule has 2 heterocycles. The number of hydrogen-bond donors (Lipinski definition) is 1. The van der Waals surface area contributed by atoms with Crippen molar-refractivity contribution in [2.24, 2.45) is 0 Å². The van der Waals surface area contributed by atoms with E-state index < -0.39 is 6.10 Å². The molecule has 0 aliphatic rings. The van der Waals surface area contributed by atoms with E-state index >= 15 is 0 Å². The lowest BCUT2D eigenvalue weighted by molar-refractivity contribution is 0.185. The van der Waals surface area contributed by atoms with Crippen LogP contribution in [0.1, 0.15) is 24.2 Å². The Morgan fingerprint density at radius 1 is 1.17 bits per heavy atom. The minimum absolute atomic E-state index is 0.506. The number of methoxy groups -OCH3 is 1. The molecule has 2 aromatic rings. The highest BCUT2D eigenvalue weighted by atomic mass is 16.5. The van der Waals surface area contributed by atoms with E-state index in [9.17, 15) is 5.11 Å². The van der Waals surface area contributed by atoms with Gasteiger partial charge < -0.3 is 9.84 Å². The number of rotatable bonds is 4. The summed E-state index contributed by atoms with van der Waals surface area (Å²) >= 11 is 0. The molecule has 4 nitrogen and oxygen atoms in total. The summed E-state index contributed by atoms with van der Waals surface area (Å²) in [5.41, 5.74) is 3.42. The Bertz CT molecular complexity index is 527. The van der Waals surface area contributed by atoms with Crippen LogP contribution in [0.3, 0.4) is 0 Å². The van der Waals surface area contributed by atoms with Crippen LogP contribution in [-0.4, -0.2) is 22.2 Å². The van der Waals surface area contributed by atoms with E-state index in [1.54, 1.807) is 32.5 Å². The Labute approximate surface area is 106 Å². The average molecular weight is 244 g/mol. The third kappa shape index (κ3) is 2.91. The van der Waals surface area contributed by atoms with Crippen LogP contribution in [0.15, 0.2) is 36.7 Å². The Balaban J connectivity index is 2.35. The fraction of sp³-hybridized carbons (Fsp3) is 0.286. The maximum atomic E-state index is 9.57. The molecule has 94 valence electrons. The van der Waals surface area contributed by atoms with Crippen molar-refractivity contribution in [3.05, 3.63) is 47.8 Å². The van der Waals surface area contributed by atoms with Gasteiger partial charge in [0.05, 0.1) is 24.1 Å². The van der Waals surface area contributed by atoms with E-state index in [0.29, 0.717) is 6.61 Å². The van der Waals surface area contributed by atoms with Gasteiger partial charge in [-0.2, -0.15) is 0 Å². The lowest BCUT2D eigenvalue weighted by Crippen LogP contribution is -1.95. The Hall–Kier alpha value is -1.78. The molecule has 0 saturated heterocycles. The van der Waals surface area contributed by atoms with E-state index in [0.717, 1.165) is 22.5 Å². The summed E-state index contributed by atoms with van der Waals surface area (Å²) < 4.78 is 5.09. The summed E-state index contributed by atoms with van der Waals surface area (Å²) in [7, 11) is 1.66. The van der Waals surface area contributed by atoms with Gasteiger partial charge in [0.15, 0.2) is 0 Å². The molecule has 1 unspecified atom stereocenters. The van der Waals surface area contributed by atoms with Crippen molar-refractivity contribution in [3.63, 3.8) is 0 Å². The topological polar surface area (TPSA) is 55.2 Å². The van der Waals surface area contributed by atoms with Crippen LogP contribution in [-0.2, 0) is 11.3 Å². The molecule has 18 heavy (non-hydrogen) atoms. The molecule has 2 aromatic heterocycles. The van der Waals surface area contributed by atoms with Gasteiger partial charge in [0.1, 0.15) is 0 Å².